The zero-order valence-electron chi connectivity index (χ0n) is 29.7. The van der Waals surface area contributed by atoms with E-state index in [1.54, 1.807) is 0 Å². The fourth-order valence-electron chi connectivity index (χ4n) is 9.23. The molecule has 0 atom stereocenters. The minimum atomic E-state index is -0.0263. The lowest BCUT2D eigenvalue weighted by atomic mass is 9.82. The first-order valence-electron chi connectivity index (χ1n) is 18.5. The Balaban J connectivity index is 1.12. The Labute approximate surface area is 308 Å². The normalized spacial score (nSPS) is 13.2. The van der Waals surface area contributed by atoms with E-state index in [9.17, 15) is 0 Å². The third-order valence-electron chi connectivity index (χ3n) is 11.7. The molecule has 8 aromatic carbocycles. The Morgan fingerprint density at radius 1 is 0.340 bits per heavy atom. The van der Waals surface area contributed by atoms with Gasteiger partial charge in [-0.2, -0.15) is 0 Å². The number of hydrogen-bond donors (Lipinski definition) is 0. The molecule has 250 valence electrons. The van der Waals surface area contributed by atoms with E-state index in [2.05, 4.69) is 205 Å². The number of aromatic nitrogens is 2. The molecule has 2 heteroatoms. The topological polar surface area (TPSA) is 9.86 Å². The van der Waals surface area contributed by atoms with Crippen LogP contribution in [-0.4, -0.2) is 9.13 Å². The fourth-order valence-corrected chi connectivity index (χ4v) is 9.23. The van der Waals surface area contributed by atoms with Gasteiger partial charge >= 0.3 is 0 Å². The van der Waals surface area contributed by atoms with E-state index in [0.717, 1.165) is 11.4 Å². The molecule has 2 aromatic heterocycles. The molecular formula is C51H36N2. The summed E-state index contributed by atoms with van der Waals surface area (Å²) in [5, 5.41) is 5.04. The Morgan fingerprint density at radius 3 is 1.64 bits per heavy atom. The maximum absolute atomic E-state index is 2.45. The quantitative estimate of drug-likeness (QED) is 0.176. The third kappa shape index (κ3) is 4.33. The highest BCUT2D eigenvalue weighted by molar-refractivity contribution is 6.19. The van der Waals surface area contributed by atoms with Crippen LogP contribution in [0.3, 0.4) is 0 Å². The van der Waals surface area contributed by atoms with E-state index < -0.39 is 0 Å². The SMILES string of the molecule is CC1(C)c2ccccc2-c2c(-c3ccc(-n4c5ccccc5c5cc6c7ccccc7n(-c7cccc(-c8ccccc8)c7)c6cc54)cc3)cccc21. The number of benzene rings is 8. The molecule has 1 aliphatic carbocycles. The maximum Gasteiger partial charge on any atom is 0.0562 e. The molecule has 53 heavy (non-hydrogen) atoms. The van der Waals surface area contributed by atoms with Crippen LogP contribution in [0.1, 0.15) is 25.0 Å². The number of nitrogens with zero attached hydrogens (tertiary/aromatic N) is 2. The molecule has 0 N–H and O–H groups in total. The second-order valence-electron chi connectivity index (χ2n) is 15.0. The second-order valence-corrected chi connectivity index (χ2v) is 15.0. The number of fused-ring (bicyclic) bond motifs is 9. The van der Waals surface area contributed by atoms with Gasteiger partial charge in [-0.05, 0) is 93.0 Å². The van der Waals surface area contributed by atoms with Gasteiger partial charge < -0.3 is 9.13 Å². The lowest BCUT2D eigenvalue weighted by Crippen LogP contribution is -2.14. The van der Waals surface area contributed by atoms with E-state index in [0.29, 0.717) is 0 Å². The van der Waals surface area contributed by atoms with Crippen LogP contribution in [0.4, 0.5) is 0 Å². The minimum absolute atomic E-state index is 0.0263. The molecule has 0 fully saturated rings. The first-order chi connectivity index (χ1) is 26.1. The zero-order chi connectivity index (χ0) is 35.3. The maximum atomic E-state index is 2.45. The zero-order valence-corrected chi connectivity index (χ0v) is 29.7. The van der Waals surface area contributed by atoms with Crippen molar-refractivity contribution in [2.45, 2.75) is 19.3 Å². The Morgan fingerprint density at radius 2 is 0.906 bits per heavy atom. The van der Waals surface area contributed by atoms with Crippen LogP contribution in [0.2, 0.25) is 0 Å². The molecule has 0 saturated heterocycles. The van der Waals surface area contributed by atoms with Gasteiger partial charge in [0.05, 0.1) is 22.1 Å². The van der Waals surface area contributed by atoms with Crippen molar-refractivity contribution in [2.24, 2.45) is 0 Å². The van der Waals surface area contributed by atoms with Crippen LogP contribution in [0.15, 0.2) is 182 Å². The predicted molar refractivity (Wildman–Crippen MR) is 224 cm³/mol. The molecule has 0 aliphatic heterocycles. The molecule has 2 heterocycles. The van der Waals surface area contributed by atoms with Crippen molar-refractivity contribution < 1.29 is 0 Å². The van der Waals surface area contributed by atoms with E-state index in [-0.39, 0.29) is 5.41 Å². The monoisotopic (exact) mass is 676 g/mol. The van der Waals surface area contributed by atoms with Crippen molar-refractivity contribution in [3.05, 3.63) is 193 Å². The van der Waals surface area contributed by atoms with Crippen LogP contribution in [0.5, 0.6) is 0 Å². The fraction of sp³-hybridized carbons (Fsp3) is 0.0588. The average molecular weight is 677 g/mol. The molecule has 0 saturated carbocycles. The number of rotatable bonds is 4. The van der Waals surface area contributed by atoms with E-state index in [4.69, 9.17) is 0 Å². The predicted octanol–water partition coefficient (Wildman–Crippen LogP) is 13.5. The molecule has 0 bridgehead atoms. The van der Waals surface area contributed by atoms with Gasteiger partial charge in [0.2, 0.25) is 0 Å². The molecule has 0 amide bonds. The van der Waals surface area contributed by atoms with Crippen molar-refractivity contribution in [3.63, 3.8) is 0 Å². The molecular weight excluding hydrogens is 641 g/mol. The molecule has 2 nitrogen and oxygen atoms in total. The molecule has 0 unspecified atom stereocenters. The average Bonchev–Trinajstić information content (AvgIpc) is 3.80. The van der Waals surface area contributed by atoms with Gasteiger partial charge in [-0.1, -0.05) is 147 Å². The third-order valence-corrected chi connectivity index (χ3v) is 11.7. The standard InChI is InChI=1S/C51H36N2/c1-51(2)44-22-9-6-20-41(44)50-38(21-13-23-45(50)51)34-26-28-36(29-27-34)52-46-24-10-7-18-39(46)42-31-43-40-19-8-11-25-47(40)53(49(43)32-48(42)52)37-17-12-16-35(30-37)33-14-4-3-5-15-33/h3-32H,1-2H3. The molecule has 11 rings (SSSR count). The van der Waals surface area contributed by atoms with E-state index >= 15 is 0 Å². The number of para-hydroxylation sites is 2. The van der Waals surface area contributed by atoms with E-state index in [1.807, 2.05) is 0 Å². The molecule has 10 aromatic rings. The van der Waals surface area contributed by atoms with Crippen molar-refractivity contribution >= 4 is 43.6 Å². The van der Waals surface area contributed by atoms with E-state index in [1.165, 1.54) is 88.1 Å². The minimum Gasteiger partial charge on any atom is -0.309 e. The van der Waals surface area contributed by atoms with Crippen LogP contribution < -0.4 is 0 Å². The summed E-state index contributed by atoms with van der Waals surface area (Å²) in [5.74, 6) is 0. The summed E-state index contributed by atoms with van der Waals surface area (Å²) < 4.78 is 4.89. The Hall–Kier alpha value is -6.64. The van der Waals surface area contributed by atoms with Gasteiger partial charge in [-0.25, -0.2) is 0 Å². The smallest absolute Gasteiger partial charge is 0.0562 e. The van der Waals surface area contributed by atoms with Gasteiger partial charge in [-0.15, -0.1) is 0 Å². The van der Waals surface area contributed by atoms with Gasteiger partial charge in [0, 0.05) is 38.3 Å². The van der Waals surface area contributed by atoms with Crippen LogP contribution >= 0.6 is 0 Å². The van der Waals surface area contributed by atoms with Crippen LogP contribution in [-0.2, 0) is 5.41 Å². The van der Waals surface area contributed by atoms with Crippen molar-refractivity contribution in [2.75, 3.05) is 0 Å². The van der Waals surface area contributed by atoms with Crippen molar-refractivity contribution in [1.29, 1.82) is 0 Å². The lowest BCUT2D eigenvalue weighted by molar-refractivity contribution is 0.660. The van der Waals surface area contributed by atoms with Gasteiger partial charge in [0.1, 0.15) is 0 Å². The second kappa shape index (κ2) is 11.2. The Kier molecular flexibility index (Phi) is 6.33. The van der Waals surface area contributed by atoms with Crippen molar-refractivity contribution in [3.8, 4) is 44.8 Å². The van der Waals surface area contributed by atoms with Gasteiger partial charge in [0.15, 0.2) is 0 Å². The molecule has 0 spiro atoms. The molecule has 1 aliphatic rings. The first kappa shape index (κ1) is 30.0. The van der Waals surface area contributed by atoms with Crippen molar-refractivity contribution in [1.82, 2.24) is 9.13 Å². The Bertz CT molecular complexity index is 3060. The van der Waals surface area contributed by atoms with Gasteiger partial charge in [0.25, 0.3) is 0 Å². The largest absolute Gasteiger partial charge is 0.309 e. The summed E-state index contributed by atoms with van der Waals surface area (Å²) in [6, 6.07) is 67.0. The first-order valence-corrected chi connectivity index (χ1v) is 18.5. The summed E-state index contributed by atoms with van der Waals surface area (Å²) in [5.41, 5.74) is 17.6. The molecule has 0 radical (unpaired) electrons. The highest BCUT2D eigenvalue weighted by atomic mass is 15.0. The summed E-state index contributed by atoms with van der Waals surface area (Å²) >= 11 is 0. The summed E-state index contributed by atoms with van der Waals surface area (Å²) in [7, 11) is 0. The summed E-state index contributed by atoms with van der Waals surface area (Å²) in [6.45, 7) is 4.70. The van der Waals surface area contributed by atoms with Crippen LogP contribution in [0, 0.1) is 0 Å². The van der Waals surface area contributed by atoms with Gasteiger partial charge in [-0.3, -0.25) is 0 Å². The highest BCUT2D eigenvalue weighted by Gasteiger charge is 2.36. The summed E-state index contributed by atoms with van der Waals surface area (Å²) in [4.78, 5) is 0. The summed E-state index contributed by atoms with van der Waals surface area (Å²) in [6.07, 6.45) is 0. The van der Waals surface area contributed by atoms with Crippen LogP contribution in [0.25, 0.3) is 88.4 Å². The lowest BCUT2D eigenvalue weighted by Gasteiger charge is -2.21. The highest BCUT2D eigenvalue weighted by Crippen LogP contribution is 2.52. The number of hydrogen-bond acceptors (Lipinski definition) is 0.